The van der Waals surface area contributed by atoms with Gasteiger partial charge in [0.25, 0.3) is 5.91 Å². The molecule has 0 atom stereocenters. The zero-order valence-corrected chi connectivity index (χ0v) is 16.5. The Morgan fingerprint density at radius 2 is 2.11 bits per heavy atom. The Morgan fingerprint density at radius 1 is 1.41 bits per heavy atom. The Hall–Kier alpha value is -2.51. The summed E-state index contributed by atoms with van der Waals surface area (Å²) in [5.41, 5.74) is 0.314. The number of halogens is 3. The highest BCUT2D eigenvalue weighted by molar-refractivity contribution is 9.10. The van der Waals surface area contributed by atoms with E-state index in [9.17, 15) is 23.6 Å². The average molecular weight is 459 g/mol. The number of hydrogen-bond donors (Lipinski definition) is 1. The second-order valence-corrected chi connectivity index (χ2v) is 7.00. The van der Waals surface area contributed by atoms with Gasteiger partial charge >= 0.3 is 12.6 Å². The molecule has 1 amide bonds. The van der Waals surface area contributed by atoms with Crippen molar-refractivity contribution in [3.8, 4) is 11.8 Å². The summed E-state index contributed by atoms with van der Waals surface area (Å²) < 4.78 is 34.9. The smallest absolute Gasteiger partial charge is 0.387 e. The summed E-state index contributed by atoms with van der Waals surface area (Å²) in [6.07, 6.45) is 0. The largest absolute Gasteiger partial charge is 0.462 e. The number of hydrogen-bond acceptors (Lipinski definition) is 6. The molecule has 0 aliphatic rings. The normalized spacial score (nSPS) is 10.4. The molecule has 0 aliphatic carbocycles. The molecule has 0 saturated heterocycles. The number of rotatable bonds is 6. The van der Waals surface area contributed by atoms with Crippen molar-refractivity contribution in [1.82, 2.24) is 0 Å². The van der Waals surface area contributed by atoms with Gasteiger partial charge in [0.15, 0.2) is 0 Å². The minimum Gasteiger partial charge on any atom is -0.462 e. The van der Waals surface area contributed by atoms with E-state index in [1.165, 1.54) is 18.2 Å². The first kappa shape index (κ1) is 20.8. The van der Waals surface area contributed by atoms with E-state index in [1.807, 2.05) is 6.07 Å². The molecule has 2 rings (SSSR count). The Bertz CT molecular complexity index is 924. The predicted octanol–water partition coefficient (Wildman–Crippen LogP) is 4.72. The summed E-state index contributed by atoms with van der Waals surface area (Å²) in [5.74, 6) is -1.69. The van der Waals surface area contributed by atoms with Gasteiger partial charge in [0, 0.05) is 4.47 Å². The molecule has 0 aliphatic heterocycles. The van der Waals surface area contributed by atoms with Gasteiger partial charge in [-0.05, 0) is 37.6 Å². The molecule has 142 valence electrons. The summed E-state index contributed by atoms with van der Waals surface area (Å²) >= 11 is 4.04. The van der Waals surface area contributed by atoms with Gasteiger partial charge < -0.3 is 14.8 Å². The highest BCUT2D eigenvalue weighted by Crippen LogP contribution is 2.34. The lowest BCUT2D eigenvalue weighted by molar-refractivity contribution is -0.0501. The lowest BCUT2D eigenvalue weighted by atomic mass is 10.1. The number of thiophene rings is 1. The van der Waals surface area contributed by atoms with Crippen molar-refractivity contribution >= 4 is 44.1 Å². The molecular formula is C17H13BrF2N2O4S. The van der Waals surface area contributed by atoms with Crippen LogP contribution in [0.1, 0.15) is 38.1 Å². The standard InChI is InChI=1S/C17H13BrF2N2O4S/c1-3-25-16(24)13-8(2)11(7-21)15(27-13)22-14(23)10-6-9(18)4-5-12(10)26-17(19)20/h4-6,17H,3H2,1-2H3,(H,22,23). The monoisotopic (exact) mass is 458 g/mol. The Labute approximate surface area is 165 Å². The van der Waals surface area contributed by atoms with Gasteiger partial charge in [0.2, 0.25) is 0 Å². The molecule has 0 fully saturated rings. The zero-order chi connectivity index (χ0) is 20.1. The molecule has 0 radical (unpaired) electrons. The number of anilines is 1. The molecule has 27 heavy (non-hydrogen) atoms. The van der Waals surface area contributed by atoms with Gasteiger partial charge in [-0.2, -0.15) is 14.0 Å². The fraction of sp³-hybridized carbons (Fsp3) is 0.235. The Kier molecular flexibility index (Phi) is 6.87. The fourth-order valence-corrected chi connectivity index (χ4v) is 3.58. The lowest BCUT2D eigenvalue weighted by Crippen LogP contribution is -2.15. The van der Waals surface area contributed by atoms with E-state index in [0.717, 1.165) is 11.3 Å². The van der Waals surface area contributed by atoms with Gasteiger partial charge in [-0.15, -0.1) is 11.3 Å². The molecule has 1 N–H and O–H groups in total. The number of carbonyl (C=O) groups excluding carboxylic acids is 2. The maximum Gasteiger partial charge on any atom is 0.387 e. The van der Waals surface area contributed by atoms with E-state index in [2.05, 4.69) is 26.0 Å². The summed E-state index contributed by atoms with van der Waals surface area (Å²) in [5, 5.41) is 11.9. The average Bonchev–Trinajstić information content (AvgIpc) is 2.91. The van der Waals surface area contributed by atoms with Crippen LogP contribution in [-0.2, 0) is 4.74 Å². The molecule has 2 aromatic rings. The molecule has 0 spiro atoms. The summed E-state index contributed by atoms with van der Waals surface area (Å²) in [6, 6.07) is 5.91. The van der Waals surface area contributed by atoms with E-state index in [1.54, 1.807) is 13.8 Å². The van der Waals surface area contributed by atoms with Crippen molar-refractivity contribution < 1.29 is 27.8 Å². The summed E-state index contributed by atoms with van der Waals surface area (Å²) in [4.78, 5) is 24.7. The van der Waals surface area contributed by atoms with Crippen LogP contribution in [-0.4, -0.2) is 25.1 Å². The summed E-state index contributed by atoms with van der Waals surface area (Å²) in [6.45, 7) is 0.256. The van der Waals surface area contributed by atoms with Crippen LogP contribution in [0.2, 0.25) is 0 Å². The molecule has 1 aromatic heterocycles. The quantitative estimate of drug-likeness (QED) is 0.632. The molecule has 1 heterocycles. The number of benzene rings is 1. The van der Waals surface area contributed by atoms with E-state index in [4.69, 9.17) is 4.74 Å². The van der Waals surface area contributed by atoms with Crippen molar-refractivity contribution in [3.63, 3.8) is 0 Å². The Morgan fingerprint density at radius 3 is 2.70 bits per heavy atom. The van der Waals surface area contributed by atoms with Gasteiger partial charge in [-0.25, -0.2) is 4.79 Å². The van der Waals surface area contributed by atoms with E-state index < -0.39 is 18.5 Å². The number of carbonyl (C=O) groups is 2. The highest BCUT2D eigenvalue weighted by Gasteiger charge is 2.24. The second-order valence-electron chi connectivity index (χ2n) is 5.07. The van der Waals surface area contributed by atoms with Crippen LogP contribution in [0.15, 0.2) is 22.7 Å². The predicted molar refractivity (Wildman–Crippen MR) is 98.5 cm³/mol. The van der Waals surface area contributed by atoms with Crippen molar-refractivity contribution in [2.75, 3.05) is 11.9 Å². The molecule has 1 aromatic carbocycles. The molecule has 10 heteroatoms. The second kappa shape index (κ2) is 8.92. The SMILES string of the molecule is CCOC(=O)c1sc(NC(=O)c2cc(Br)ccc2OC(F)F)c(C#N)c1C. The number of amides is 1. The van der Waals surface area contributed by atoms with Crippen LogP contribution in [0.3, 0.4) is 0 Å². The molecule has 0 unspecified atom stereocenters. The molecular weight excluding hydrogens is 446 g/mol. The third kappa shape index (κ3) is 4.81. The van der Waals surface area contributed by atoms with Crippen LogP contribution in [0.5, 0.6) is 5.75 Å². The first-order valence-corrected chi connectivity index (χ1v) is 9.15. The first-order chi connectivity index (χ1) is 12.8. The number of nitrogens with one attached hydrogen (secondary N) is 1. The van der Waals surface area contributed by atoms with Crippen molar-refractivity contribution in [2.24, 2.45) is 0 Å². The maximum atomic E-state index is 12.6. The number of nitriles is 1. The minimum absolute atomic E-state index is 0.0997. The number of esters is 1. The number of alkyl halides is 2. The third-order valence-corrected chi connectivity index (χ3v) is 5.03. The topological polar surface area (TPSA) is 88.4 Å². The van der Waals surface area contributed by atoms with Crippen molar-refractivity contribution in [2.45, 2.75) is 20.5 Å². The van der Waals surface area contributed by atoms with Crippen LogP contribution < -0.4 is 10.1 Å². The van der Waals surface area contributed by atoms with Crippen LogP contribution >= 0.6 is 27.3 Å². The van der Waals surface area contributed by atoms with Gasteiger partial charge in [-0.1, -0.05) is 15.9 Å². The molecule has 0 bridgehead atoms. The molecule has 6 nitrogen and oxygen atoms in total. The van der Waals surface area contributed by atoms with Crippen molar-refractivity contribution in [3.05, 3.63) is 44.2 Å². The van der Waals surface area contributed by atoms with E-state index >= 15 is 0 Å². The van der Waals surface area contributed by atoms with E-state index in [0.29, 0.717) is 10.0 Å². The fourth-order valence-electron chi connectivity index (χ4n) is 2.18. The number of ether oxygens (including phenoxy) is 2. The third-order valence-electron chi connectivity index (χ3n) is 3.35. The van der Waals surface area contributed by atoms with Gasteiger partial charge in [0.1, 0.15) is 21.7 Å². The van der Waals surface area contributed by atoms with Crippen LogP contribution in [0.4, 0.5) is 13.8 Å². The van der Waals surface area contributed by atoms with Crippen LogP contribution in [0.25, 0.3) is 0 Å². The zero-order valence-electron chi connectivity index (χ0n) is 14.1. The first-order valence-electron chi connectivity index (χ1n) is 7.54. The lowest BCUT2D eigenvalue weighted by Gasteiger charge is -2.11. The maximum absolute atomic E-state index is 12.6. The van der Waals surface area contributed by atoms with E-state index in [-0.39, 0.29) is 33.4 Å². The van der Waals surface area contributed by atoms with Crippen LogP contribution in [0, 0.1) is 18.3 Å². The summed E-state index contributed by atoms with van der Waals surface area (Å²) in [7, 11) is 0. The molecule has 0 saturated carbocycles. The van der Waals surface area contributed by atoms with Gasteiger partial charge in [0.05, 0.1) is 17.7 Å². The number of nitrogens with zero attached hydrogens (tertiary/aromatic N) is 1. The van der Waals surface area contributed by atoms with Gasteiger partial charge in [-0.3, -0.25) is 4.79 Å². The van der Waals surface area contributed by atoms with Crippen molar-refractivity contribution in [1.29, 1.82) is 5.26 Å². The Balaban J connectivity index is 2.39. The highest BCUT2D eigenvalue weighted by atomic mass is 79.9. The minimum atomic E-state index is -3.10.